The van der Waals surface area contributed by atoms with Gasteiger partial charge in [-0.05, 0) is 57.6 Å². The van der Waals surface area contributed by atoms with Crippen LogP contribution in [0.4, 0.5) is 0 Å². The van der Waals surface area contributed by atoms with Crippen molar-refractivity contribution in [2.45, 2.75) is 0 Å². The van der Waals surface area contributed by atoms with Gasteiger partial charge >= 0.3 is 0 Å². The van der Waals surface area contributed by atoms with Gasteiger partial charge in [-0.1, -0.05) is 48.5 Å². The summed E-state index contributed by atoms with van der Waals surface area (Å²) in [5.74, 6) is 3.09. The Morgan fingerprint density at radius 1 is 0.312 bits per heavy atom. The van der Waals surface area contributed by atoms with Gasteiger partial charge in [0.15, 0.2) is 0 Å². The molecule has 0 saturated heterocycles. The highest BCUT2D eigenvalue weighted by Crippen LogP contribution is 2.33. The van der Waals surface area contributed by atoms with Gasteiger partial charge in [0.25, 0.3) is 0 Å². The summed E-state index contributed by atoms with van der Waals surface area (Å²) in [5, 5.41) is 0. The molecule has 0 aliphatic carbocycles. The van der Waals surface area contributed by atoms with Crippen LogP contribution in [-0.4, -0.2) is 28.4 Å². The quantitative estimate of drug-likeness (QED) is 0.329. The molecule has 0 fully saturated rings. The molecule has 4 rings (SSSR count). The predicted octanol–water partition coefficient (Wildman–Crippen LogP) is 6.72. The lowest BCUT2D eigenvalue weighted by Crippen LogP contribution is -1.89. The van der Waals surface area contributed by atoms with Crippen LogP contribution >= 0.6 is 0 Å². The van der Waals surface area contributed by atoms with Crippen molar-refractivity contribution in [3.05, 3.63) is 84.9 Å². The molecule has 0 bridgehead atoms. The van der Waals surface area contributed by atoms with Crippen molar-refractivity contribution >= 4 is 0 Å². The summed E-state index contributed by atoms with van der Waals surface area (Å²) in [6.07, 6.45) is 0. The molecule has 4 nitrogen and oxygen atoms in total. The molecule has 4 aromatic rings. The standard InChI is InChI=1S/C28H26O4/c1-29-25-13-23(14-26(17-25)30-2)21-9-5-19(6-10-21)20-7-11-22(12-8-20)24-15-27(31-3)18-28(16-24)32-4/h5-18H,1-4H3. The summed E-state index contributed by atoms with van der Waals surface area (Å²) in [6, 6.07) is 28.8. The van der Waals surface area contributed by atoms with Crippen LogP contribution in [0.2, 0.25) is 0 Å². The Labute approximate surface area is 189 Å². The summed E-state index contributed by atoms with van der Waals surface area (Å²) in [5.41, 5.74) is 6.61. The number of hydrogen-bond donors (Lipinski definition) is 0. The van der Waals surface area contributed by atoms with Crippen molar-refractivity contribution in [3.63, 3.8) is 0 Å². The topological polar surface area (TPSA) is 36.9 Å². The highest BCUT2D eigenvalue weighted by atomic mass is 16.5. The monoisotopic (exact) mass is 426 g/mol. The largest absolute Gasteiger partial charge is 0.497 e. The van der Waals surface area contributed by atoms with Gasteiger partial charge in [0, 0.05) is 12.1 Å². The van der Waals surface area contributed by atoms with E-state index in [4.69, 9.17) is 18.9 Å². The minimum atomic E-state index is 0.771. The molecule has 0 heterocycles. The number of methoxy groups -OCH3 is 4. The summed E-state index contributed by atoms with van der Waals surface area (Å²) >= 11 is 0. The van der Waals surface area contributed by atoms with Crippen molar-refractivity contribution in [2.24, 2.45) is 0 Å². The Morgan fingerprint density at radius 3 is 0.750 bits per heavy atom. The Hall–Kier alpha value is -3.92. The second kappa shape index (κ2) is 9.48. The molecule has 0 saturated carbocycles. The van der Waals surface area contributed by atoms with E-state index in [-0.39, 0.29) is 0 Å². The number of hydrogen-bond acceptors (Lipinski definition) is 4. The van der Waals surface area contributed by atoms with E-state index in [1.165, 1.54) is 0 Å². The van der Waals surface area contributed by atoms with Crippen molar-refractivity contribution in [1.29, 1.82) is 0 Å². The fourth-order valence-corrected chi connectivity index (χ4v) is 3.66. The molecule has 4 heteroatoms. The van der Waals surface area contributed by atoms with E-state index in [0.29, 0.717) is 0 Å². The van der Waals surface area contributed by atoms with Crippen molar-refractivity contribution in [2.75, 3.05) is 28.4 Å². The Bertz CT molecular complexity index is 1050. The molecular formula is C28H26O4. The first-order valence-corrected chi connectivity index (χ1v) is 10.3. The van der Waals surface area contributed by atoms with Crippen LogP contribution in [0.25, 0.3) is 33.4 Å². The summed E-state index contributed by atoms with van der Waals surface area (Å²) in [7, 11) is 6.64. The van der Waals surface area contributed by atoms with Crippen LogP contribution in [0.15, 0.2) is 84.9 Å². The average Bonchev–Trinajstić information content (AvgIpc) is 2.88. The summed E-state index contributed by atoms with van der Waals surface area (Å²) in [4.78, 5) is 0. The molecule has 0 atom stereocenters. The highest BCUT2D eigenvalue weighted by molar-refractivity contribution is 5.75. The SMILES string of the molecule is COc1cc(OC)cc(-c2ccc(-c3ccc(-c4cc(OC)cc(OC)c4)cc3)cc2)c1. The fraction of sp³-hybridized carbons (Fsp3) is 0.143. The Kier molecular flexibility index (Phi) is 6.31. The third kappa shape index (κ3) is 4.54. The molecule has 0 amide bonds. The van der Waals surface area contributed by atoms with Gasteiger partial charge in [-0.3, -0.25) is 0 Å². The van der Waals surface area contributed by atoms with Crippen LogP contribution < -0.4 is 18.9 Å². The molecule has 0 aliphatic rings. The lowest BCUT2D eigenvalue weighted by Gasteiger charge is -2.11. The van der Waals surface area contributed by atoms with Gasteiger partial charge in [0.1, 0.15) is 23.0 Å². The van der Waals surface area contributed by atoms with E-state index < -0.39 is 0 Å². The first-order chi connectivity index (χ1) is 15.6. The molecule has 0 N–H and O–H groups in total. The molecule has 162 valence electrons. The van der Waals surface area contributed by atoms with Crippen molar-refractivity contribution < 1.29 is 18.9 Å². The molecule has 0 aromatic heterocycles. The minimum Gasteiger partial charge on any atom is -0.497 e. The van der Waals surface area contributed by atoms with E-state index in [1.807, 2.05) is 36.4 Å². The number of rotatable bonds is 7. The lowest BCUT2D eigenvalue weighted by atomic mass is 9.98. The van der Waals surface area contributed by atoms with Gasteiger partial charge in [0.2, 0.25) is 0 Å². The van der Waals surface area contributed by atoms with Crippen LogP contribution in [0.5, 0.6) is 23.0 Å². The van der Waals surface area contributed by atoms with Crippen LogP contribution in [0.3, 0.4) is 0 Å². The first kappa shape index (κ1) is 21.3. The first-order valence-electron chi connectivity index (χ1n) is 10.3. The van der Waals surface area contributed by atoms with Crippen LogP contribution in [-0.2, 0) is 0 Å². The maximum absolute atomic E-state index is 5.39. The van der Waals surface area contributed by atoms with E-state index in [2.05, 4.69) is 48.5 Å². The summed E-state index contributed by atoms with van der Waals surface area (Å²) < 4.78 is 21.6. The lowest BCUT2D eigenvalue weighted by molar-refractivity contribution is 0.394. The van der Waals surface area contributed by atoms with Gasteiger partial charge in [-0.2, -0.15) is 0 Å². The van der Waals surface area contributed by atoms with Crippen LogP contribution in [0.1, 0.15) is 0 Å². The van der Waals surface area contributed by atoms with Crippen LogP contribution in [0, 0.1) is 0 Å². The average molecular weight is 427 g/mol. The van der Waals surface area contributed by atoms with E-state index in [9.17, 15) is 0 Å². The molecular weight excluding hydrogens is 400 g/mol. The predicted molar refractivity (Wildman–Crippen MR) is 129 cm³/mol. The van der Waals surface area contributed by atoms with Crippen molar-refractivity contribution in [1.82, 2.24) is 0 Å². The maximum Gasteiger partial charge on any atom is 0.123 e. The zero-order valence-electron chi connectivity index (χ0n) is 18.7. The Balaban J connectivity index is 1.59. The minimum absolute atomic E-state index is 0.771. The van der Waals surface area contributed by atoms with E-state index >= 15 is 0 Å². The summed E-state index contributed by atoms with van der Waals surface area (Å²) in [6.45, 7) is 0. The molecule has 4 aromatic carbocycles. The second-order valence-corrected chi connectivity index (χ2v) is 7.36. The van der Waals surface area contributed by atoms with Gasteiger partial charge in [-0.15, -0.1) is 0 Å². The van der Waals surface area contributed by atoms with Gasteiger partial charge in [-0.25, -0.2) is 0 Å². The normalized spacial score (nSPS) is 10.5. The zero-order valence-corrected chi connectivity index (χ0v) is 18.7. The third-order valence-electron chi connectivity index (χ3n) is 5.47. The fourth-order valence-electron chi connectivity index (χ4n) is 3.66. The maximum atomic E-state index is 5.39. The molecule has 0 unspecified atom stereocenters. The van der Waals surface area contributed by atoms with Gasteiger partial charge in [0.05, 0.1) is 28.4 Å². The van der Waals surface area contributed by atoms with E-state index in [1.54, 1.807) is 28.4 Å². The third-order valence-corrected chi connectivity index (χ3v) is 5.47. The Morgan fingerprint density at radius 2 is 0.531 bits per heavy atom. The second-order valence-electron chi connectivity index (χ2n) is 7.36. The van der Waals surface area contributed by atoms with Crippen molar-refractivity contribution in [3.8, 4) is 56.4 Å². The molecule has 0 spiro atoms. The van der Waals surface area contributed by atoms with Gasteiger partial charge < -0.3 is 18.9 Å². The number of ether oxygens (including phenoxy) is 4. The van der Waals surface area contributed by atoms with E-state index in [0.717, 1.165) is 56.4 Å². The molecule has 0 radical (unpaired) electrons. The highest BCUT2D eigenvalue weighted by Gasteiger charge is 2.07. The number of benzene rings is 4. The molecule has 0 aliphatic heterocycles. The molecule has 32 heavy (non-hydrogen) atoms. The zero-order chi connectivity index (χ0) is 22.5. The smallest absolute Gasteiger partial charge is 0.123 e.